The third-order valence-electron chi connectivity index (χ3n) is 4.66. The molecule has 33 heavy (non-hydrogen) atoms. The predicted octanol–water partition coefficient (Wildman–Crippen LogP) is 5.61. The van der Waals surface area contributed by atoms with E-state index in [0.717, 1.165) is 0 Å². The van der Waals surface area contributed by atoms with Gasteiger partial charge in [0.05, 0.1) is 0 Å². The number of carbonyl (C=O) groups is 2. The second-order valence-corrected chi connectivity index (χ2v) is 8.40. The molecule has 3 aromatic carbocycles. The smallest absolute Gasteiger partial charge is 0.264 e. The van der Waals surface area contributed by atoms with E-state index in [1.807, 2.05) is 24.3 Å². The van der Waals surface area contributed by atoms with Crippen molar-refractivity contribution in [1.82, 2.24) is 5.32 Å². The molecule has 3 N–H and O–H groups in total. The molecule has 0 aromatic heterocycles. The Labute approximate surface area is 203 Å². The van der Waals surface area contributed by atoms with Crippen LogP contribution in [-0.4, -0.2) is 23.5 Å². The molecule has 0 aliphatic rings. The van der Waals surface area contributed by atoms with Crippen molar-refractivity contribution < 1.29 is 14.3 Å². The van der Waals surface area contributed by atoms with Crippen molar-refractivity contribution in [3.05, 3.63) is 88.9 Å². The molecule has 0 aliphatic carbocycles. The fourth-order valence-electron chi connectivity index (χ4n) is 2.89. The second kappa shape index (κ2) is 11.4. The Hall–Kier alpha value is -3.42. The molecule has 8 heteroatoms. The SMILES string of the molecule is CC(C)c1ccc(OCC(=O)NC(=S)Nc2ccc(NC(=O)c3cccc(Cl)c3)cc2)cc1. The zero-order valence-electron chi connectivity index (χ0n) is 18.2. The van der Waals surface area contributed by atoms with Crippen molar-refractivity contribution in [2.45, 2.75) is 19.8 Å². The molecule has 0 aliphatic heterocycles. The summed E-state index contributed by atoms with van der Waals surface area (Å²) in [6.07, 6.45) is 0. The Kier molecular flexibility index (Phi) is 8.40. The molecule has 0 unspecified atom stereocenters. The van der Waals surface area contributed by atoms with Crippen LogP contribution in [0, 0.1) is 0 Å². The van der Waals surface area contributed by atoms with Gasteiger partial charge in [0.25, 0.3) is 11.8 Å². The zero-order chi connectivity index (χ0) is 23.8. The molecular weight excluding hydrogens is 458 g/mol. The van der Waals surface area contributed by atoms with Crippen LogP contribution in [-0.2, 0) is 4.79 Å². The molecule has 170 valence electrons. The van der Waals surface area contributed by atoms with Crippen LogP contribution in [0.15, 0.2) is 72.8 Å². The number of hydrogen-bond donors (Lipinski definition) is 3. The van der Waals surface area contributed by atoms with Crippen molar-refractivity contribution >= 4 is 52.1 Å². The summed E-state index contributed by atoms with van der Waals surface area (Å²) in [7, 11) is 0. The van der Waals surface area contributed by atoms with Gasteiger partial charge in [-0.3, -0.25) is 14.9 Å². The topological polar surface area (TPSA) is 79.5 Å². The first kappa shape index (κ1) is 24.2. The fraction of sp³-hybridized carbons (Fsp3) is 0.160. The van der Waals surface area contributed by atoms with Gasteiger partial charge in [0.2, 0.25) is 0 Å². The number of carbonyl (C=O) groups excluding carboxylic acids is 2. The van der Waals surface area contributed by atoms with Crippen LogP contribution in [0.4, 0.5) is 11.4 Å². The number of hydrogen-bond acceptors (Lipinski definition) is 4. The maximum Gasteiger partial charge on any atom is 0.264 e. The third-order valence-corrected chi connectivity index (χ3v) is 5.10. The normalized spacial score (nSPS) is 10.4. The summed E-state index contributed by atoms with van der Waals surface area (Å²) in [6, 6.07) is 21.2. The van der Waals surface area contributed by atoms with Gasteiger partial charge in [-0.15, -0.1) is 0 Å². The number of amides is 2. The quantitative estimate of drug-likeness (QED) is 0.382. The number of rotatable bonds is 7. The number of ether oxygens (including phenoxy) is 1. The second-order valence-electron chi connectivity index (χ2n) is 7.56. The maximum atomic E-state index is 12.3. The lowest BCUT2D eigenvalue weighted by Crippen LogP contribution is -2.37. The summed E-state index contributed by atoms with van der Waals surface area (Å²) in [6.45, 7) is 4.07. The van der Waals surface area contributed by atoms with Crippen LogP contribution < -0.4 is 20.7 Å². The zero-order valence-corrected chi connectivity index (χ0v) is 19.8. The fourth-order valence-corrected chi connectivity index (χ4v) is 3.31. The average Bonchev–Trinajstić information content (AvgIpc) is 2.79. The van der Waals surface area contributed by atoms with E-state index in [9.17, 15) is 9.59 Å². The van der Waals surface area contributed by atoms with Crippen LogP contribution in [0.1, 0.15) is 35.7 Å². The highest BCUT2D eigenvalue weighted by Crippen LogP contribution is 2.19. The van der Waals surface area contributed by atoms with Gasteiger partial charge >= 0.3 is 0 Å². The molecule has 0 atom stereocenters. The van der Waals surface area contributed by atoms with Gasteiger partial charge in [-0.2, -0.15) is 0 Å². The summed E-state index contributed by atoms with van der Waals surface area (Å²) in [4.78, 5) is 24.4. The van der Waals surface area contributed by atoms with Crippen molar-refractivity contribution in [1.29, 1.82) is 0 Å². The van der Waals surface area contributed by atoms with Gasteiger partial charge < -0.3 is 15.4 Å². The summed E-state index contributed by atoms with van der Waals surface area (Å²) < 4.78 is 5.50. The molecule has 0 spiro atoms. The molecule has 3 rings (SSSR count). The standard InChI is InChI=1S/C25H24ClN3O3S/c1-16(2)17-6-12-22(13-7-17)32-15-23(30)29-25(33)28-21-10-8-20(9-11-21)27-24(31)18-4-3-5-19(26)14-18/h3-14,16H,15H2,1-2H3,(H,27,31)(H2,28,29,30,33). The lowest BCUT2D eigenvalue weighted by atomic mass is 10.0. The summed E-state index contributed by atoms with van der Waals surface area (Å²) in [5, 5.41) is 8.94. The largest absolute Gasteiger partial charge is 0.484 e. The Bertz CT molecular complexity index is 1130. The molecule has 0 bridgehead atoms. The minimum atomic E-state index is -0.370. The van der Waals surface area contributed by atoms with E-state index >= 15 is 0 Å². The first-order valence-corrected chi connectivity index (χ1v) is 11.1. The van der Waals surface area contributed by atoms with Crippen molar-refractivity contribution in [2.24, 2.45) is 0 Å². The van der Waals surface area contributed by atoms with Gasteiger partial charge in [-0.1, -0.05) is 43.6 Å². The van der Waals surface area contributed by atoms with Crippen LogP contribution in [0.2, 0.25) is 5.02 Å². The lowest BCUT2D eigenvalue weighted by Gasteiger charge is -2.12. The molecule has 2 amide bonds. The van der Waals surface area contributed by atoms with E-state index in [-0.39, 0.29) is 23.5 Å². The number of anilines is 2. The number of thiocarbonyl (C=S) groups is 1. The van der Waals surface area contributed by atoms with Crippen LogP contribution >= 0.6 is 23.8 Å². The Balaban J connectivity index is 1.45. The monoisotopic (exact) mass is 481 g/mol. The number of benzene rings is 3. The predicted molar refractivity (Wildman–Crippen MR) is 136 cm³/mol. The highest BCUT2D eigenvalue weighted by atomic mass is 35.5. The van der Waals surface area contributed by atoms with E-state index in [1.54, 1.807) is 48.5 Å². The highest BCUT2D eigenvalue weighted by molar-refractivity contribution is 7.80. The third kappa shape index (κ3) is 7.59. The van der Waals surface area contributed by atoms with Gasteiger partial charge in [0.1, 0.15) is 5.75 Å². The van der Waals surface area contributed by atoms with Crippen LogP contribution in [0.25, 0.3) is 0 Å². The first-order chi connectivity index (χ1) is 15.8. The van der Waals surface area contributed by atoms with E-state index < -0.39 is 0 Å². The summed E-state index contributed by atoms with van der Waals surface area (Å²) in [5.74, 6) is 0.411. The van der Waals surface area contributed by atoms with Crippen molar-refractivity contribution in [3.8, 4) is 5.75 Å². The van der Waals surface area contributed by atoms with Crippen LogP contribution in [0.3, 0.4) is 0 Å². The summed E-state index contributed by atoms with van der Waals surface area (Å²) in [5.41, 5.74) is 2.93. The van der Waals surface area contributed by atoms with E-state index in [0.29, 0.717) is 33.6 Å². The Morgan fingerprint density at radius 2 is 1.58 bits per heavy atom. The Morgan fingerprint density at radius 1 is 0.939 bits per heavy atom. The first-order valence-electron chi connectivity index (χ1n) is 10.3. The minimum absolute atomic E-state index is 0.148. The van der Waals surface area contributed by atoms with Gasteiger partial charge in [-0.25, -0.2) is 0 Å². The lowest BCUT2D eigenvalue weighted by molar-refractivity contribution is -0.121. The molecule has 3 aromatic rings. The number of nitrogens with one attached hydrogen (secondary N) is 3. The van der Waals surface area contributed by atoms with Crippen molar-refractivity contribution in [2.75, 3.05) is 17.2 Å². The van der Waals surface area contributed by atoms with Crippen LogP contribution in [0.5, 0.6) is 5.75 Å². The molecule has 6 nitrogen and oxygen atoms in total. The molecule has 0 saturated heterocycles. The summed E-state index contributed by atoms with van der Waals surface area (Å²) >= 11 is 11.1. The molecule has 0 saturated carbocycles. The van der Waals surface area contributed by atoms with Gasteiger partial charge in [-0.05, 0) is 78.3 Å². The maximum absolute atomic E-state index is 12.3. The van der Waals surface area contributed by atoms with Gasteiger partial charge in [0, 0.05) is 22.0 Å². The minimum Gasteiger partial charge on any atom is -0.484 e. The van der Waals surface area contributed by atoms with E-state index in [2.05, 4.69) is 29.8 Å². The number of halogens is 1. The van der Waals surface area contributed by atoms with Crippen molar-refractivity contribution in [3.63, 3.8) is 0 Å². The molecular formula is C25H24ClN3O3S. The Morgan fingerprint density at radius 3 is 2.18 bits per heavy atom. The average molecular weight is 482 g/mol. The van der Waals surface area contributed by atoms with E-state index in [4.69, 9.17) is 28.6 Å². The highest BCUT2D eigenvalue weighted by Gasteiger charge is 2.09. The molecule has 0 radical (unpaired) electrons. The van der Waals surface area contributed by atoms with Gasteiger partial charge in [0.15, 0.2) is 11.7 Å². The molecule has 0 heterocycles. The molecule has 0 fully saturated rings. The van der Waals surface area contributed by atoms with E-state index in [1.165, 1.54) is 5.56 Å².